The minimum absolute atomic E-state index is 0.00540. The molecule has 7 nitrogen and oxygen atoms in total. The van der Waals surface area contributed by atoms with Crippen molar-refractivity contribution in [2.75, 3.05) is 10.6 Å². The van der Waals surface area contributed by atoms with Crippen molar-refractivity contribution in [2.24, 2.45) is 0 Å². The zero-order chi connectivity index (χ0) is 18.7. The Bertz CT molecular complexity index is 929. The summed E-state index contributed by atoms with van der Waals surface area (Å²) >= 11 is 5.94. The third kappa shape index (κ3) is 4.09. The monoisotopic (exact) mass is 382 g/mol. The zero-order valence-corrected chi connectivity index (χ0v) is 13.6. The zero-order valence-electron chi connectivity index (χ0n) is 12.8. The van der Waals surface area contributed by atoms with Crippen molar-refractivity contribution < 1.29 is 18.0 Å². The van der Waals surface area contributed by atoms with Gasteiger partial charge in [0.05, 0.1) is 11.3 Å². The second-order valence-electron chi connectivity index (χ2n) is 5.10. The summed E-state index contributed by atoms with van der Waals surface area (Å²) in [4.78, 5) is 12.2. The van der Waals surface area contributed by atoms with Crippen LogP contribution in [0, 0.1) is 0 Å². The molecule has 1 aromatic heterocycles. The van der Waals surface area contributed by atoms with Gasteiger partial charge in [0.1, 0.15) is 0 Å². The van der Waals surface area contributed by atoms with E-state index in [1.807, 2.05) is 0 Å². The smallest absolute Gasteiger partial charge is 0.308 e. The van der Waals surface area contributed by atoms with Crippen LogP contribution in [0.25, 0.3) is 11.4 Å². The van der Waals surface area contributed by atoms with E-state index in [0.717, 1.165) is 12.1 Å². The fraction of sp³-hybridized carbons (Fsp3) is 0.0667. The third-order valence-electron chi connectivity index (χ3n) is 3.28. The first-order valence-electron chi connectivity index (χ1n) is 7.12. The fourth-order valence-corrected chi connectivity index (χ4v) is 2.32. The van der Waals surface area contributed by atoms with E-state index in [-0.39, 0.29) is 11.5 Å². The van der Waals surface area contributed by atoms with Gasteiger partial charge >= 0.3 is 12.2 Å². The van der Waals surface area contributed by atoms with Crippen LogP contribution in [0.5, 0.6) is 0 Å². The highest BCUT2D eigenvalue weighted by atomic mass is 35.5. The maximum atomic E-state index is 12.7. The topological polar surface area (TPSA) is 95.6 Å². The number of anilines is 2. The number of tetrazole rings is 1. The average Bonchev–Trinajstić information content (AvgIpc) is 3.10. The fourth-order valence-electron chi connectivity index (χ4n) is 2.15. The molecule has 0 aliphatic carbocycles. The number of hydrogen-bond donors (Lipinski definition) is 3. The first-order valence-corrected chi connectivity index (χ1v) is 7.49. The number of amides is 2. The Kier molecular flexibility index (Phi) is 4.76. The Hall–Kier alpha value is -3.14. The van der Waals surface area contributed by atoms with E-state index in [2.05, 4.69) is 31.3 Å². The number of aromatic nitrogens is 4. The summed E-state index contributed by atoms with van der Waals surface area (Å²) in [5, 5.41) is 18.4. The van der Waals surface area contributed by atoms with Crippen molar-refractivity contribution in [1.82, 2.24) is 20.6 Å². The van der Waals surface area contributed by atoms with Gasteiger partial charge in [-0.3, -0.25) is 0 Å². The molecule has 0 atom stereocenters. The SMILES string of the molecule is O=C(Nc1cccc(C(F)(F)F)c1)Nc1ccc(Cl)cc1-c1nnn[nH]1. The van der Waals surface area contributed by atoms with E-state index in [1.54, 1.807) is 0 Å². The molecule has 0 fully saturated rings. The molecule has 0 aliphatic heterocycles. The number of H-pyrrole nitrogens is 1. The number of benzene rings is 2. The second-order valence-corrected chi connectivity index (χ2v) is 5.53. The van der Waals surface area contributed by atoms with Crippen LogP contribution in [0.4, 0.5) is 29.3 Å². The molecule has 26 heavy (non-hydrogen) atoms. The maximum absolute atomic E-state index is 12.7. The molecule has 3 rings (SSSR count). The average molecular weight is 383 g/mol. The largest absolute Gasteiger partial charge is 0.416 e. The predicted octanol–water partition coefficient (Wildman–Crippen LogP) is 4.18. The van der Waals surface area contributed by atoms with Gasteiger partial charge in [-0.1, -0.05) is 17.7 Å². The Morgan fingerprint density at radius 2 is 1.92 bits per heavy atom. The summed E-state index contributed by atoms with van der Waals surface area (Å²) in [6.45, 7) is 0. The molecule has 0 unspecified atom stereocenters. The lowest BCUT2D eigenvalue weighted by atomic mass is 10.1. The molecule has 3 N–H and O–H groups in total. The molecule has 3 aromatic rings. The van der Waals surface area contributed by atoms with Crippen molar-refractivity contribution in [1.29, 1.82) is 0 Å². The molecule has 0 aliphatic rings. The van der Waals surface area contributed by atoms with Crippen LogP contribution in [-0.4, -0.2) is 26.7 Å². The van der Waals surface area contributed by atoms with Crippen LogP contribution in [0.15, 0.2) is 42.5 Å². The quantitative estimate of drug-likeness (QED) is 0.633. The first kappa shape index (κ1) is 17.7. The summed E-state index contributed by atoms with van der Waals surface area (Å²) in [5.41, 5.74) is -0.136. The van der Waals surface area contributed by atoms with E-state index >= 15 is 0 Å². The van der Waals surface area contributed by atoms with Crippen LogP contribution in [-0.2, 0) is 6.18 Å². The molecule has 0 radical (unpaired) electrons. The molecule has 2 aromatic carbocycles. The minimum Gasteiger partial charge on any atom is -0.308 e. The first-order chi connectivity index (χ1) is 12.3. The minimum atomic E-state index is -4.50. The predicted molar refractivity (Wildman–Crippen MR) is 88.7 cm³/mol. The van der Waals surface area contributed by atoms with Crippen molar-refractivity contribution in [3.05, 3.63) is 53.1 Å². The van der Waals surface area contributed by atoms with Gasteiger partial charge in [-0.05, 0) is 46.8 Å². The van der Waals surface area contributed by atoms with Crippen LogP contribution < -0.4 is 10.6 Å². The van der Waals surface area contributed by atoms with Gasteiger partial charge in [-0.15, -0.1) is 5.10 Å². The number of rotatable bonds is 3. The molecular weight excluding hydrogens is 373 g/mol. The highest BCUT2D eigenvalue weighted by molar-refractivity contribution is 6.31. The Labute approximate surface area is 149 Å². The van der Waals surface area contributed by atoms with Crippen molar-refractivity contribution >= 4 is 29.0 Å². The van der Waals surface area contributed by atoms with E-state index < -0.39 is 17.8 Å². The highest BCUT2D eigenvalue weighted by Gasteiger charge is 2.30. The molecule has 0 spiro atoms. The number of hydrogen-bond acceptors (Lipinski definition) is 4. The molecule has 2 amide bonds. The Morgan fingerprint density at radius 1 is 1.12 bits per heavy atom. The molecular formula is C15H10ClF3N6O. The van der Waals surface area contributed by atoms with Gasteiger partial charge in [0.2, 0.25) is 0 Å². The van der Waals surface area contributed by atoms with Crippen molar-refractivity contribution in [3.8, 4) is 11.4 Å². The number of urea groups is 1. The molecule has 0 bridgehead atoms. The van der Waals surface area contributed by atoms with Gasteiger partial charge in [0, 0.05) is 16.3 Å². The number of aromatic amines is 1. The number of nitrogens with one attached hydrogen (secondary N) is 3. The summed E-state index contributed by atoms with van der Waals surface area (Å²) in [6, 6.07) is 8.15. The van der Waals surface area contributed by atoms with Crippen LogP contribution in [0.3, 0.4) is 0 Å². The third-order valence-corrected chi connectivity index (χ3v) is 3.51. The van der Waals surface area contributed by atoms with Gasteiger partial charge in [0.25, 0.3) is 0 Å². The Morgan fingerprint density at radius 3 is 2.62 bits per heavy atom. The van der Waals surface area contributed by atoms with E-state index in [4.69, 9.17) is 11.6 Å². The molecule has 134 valence electrons. The number of carbonyl (C=O) groups excluding carboxylic acids is 1. The summed E-state index contributed by atoms with van der Waals surface area (Å²) in [6.07, 6.45) is -4.50. The van der Waals surface area contributed by atoms with Gasteiger partial charge in [-0.25, -0.2) is 9.89 Å². The molecule has 0 saturated heterocycles. The van der Waals surface area contributed by atoms with E-state index in [0.29, 0.717) is 16.3 Å². The molecule has 0 saturated carbocycles. The highest BCUT2D eigenvalue weighted by Crippen LogP contribution is 2.31. The van der Waals surface area contributed by atoms with Crippen LogP contribution >= 0.6 is 11.6 Å². The van der Waals surface area contributed by atoms with Gasteiger partial charge in [0.15, 0.2) is 5.82 Å². The lowest BCUT2D eigenvalue weighted by molar-refractivity contribution is -0.137. The molecule has 1 heterocycles. The number of nitrogens with zero attached hydrogens (tertiary/aromatic N) is 3. The summed E-state index contributed by atoms with van der Waals surface area (Å²) in [7, 11) is 0. The van der Waals surface area contributed by atoms with Crippen molar-refractivity contribution in [3.63, 3.8) is 0 Å². The lowest BCUT2D eigenvalue weighted by Crippen LogP contribution is -2.20. The van der Waals surface area contributed by atoms with Crippen molar-refractivity contribution in [2.45, 2.75) is 6.18 Å². The number of halogens is 4. The number of alkyl halides is 3. The summed E-state index contributed by atoms with van der Waals surface area (Å²) < 4.78 is 38.2. The second kappa shape index (κ2) is 7.00. The Balaban J connectivity index is 1.79. The summed E-state index contributed by atoms with van der Waals surface area (Å²) in [5.74, 6) is 0.266. The standard InChI is InChI=1S/C15H10ClF3N6O/c16-9-4-5-12(11(7-9)13-22-24-25-23-13)21-14(26)20-10-3-1-2-8(6-10)15(17,18)19/h1-7H,(H2,20,21,26)(H,22,23,24,25). The molecule has 11 heteroatoms. The van der Waals surface area contributed by atoms with Gasteiger partial charge < -0.3 is 10.6 Å². The van der Waals surface area contributed by atoms with Crippen LogP contribution in [0.1, 0.15) is 5.56 Å². The van der Waals surface area contributed by atoms with Gasteiger partial charge in [-0.2, -0.15) is 13.2 Å². The van der Waals surface area contributed by atoms with Crippen LogP contribution in [0.2, 0.25) is 5.02 Å². The lowest BCUT2D eigenvalue weighted by Gasteiger charge is -2.12. The van der Waals surface area contributed by atoms with E-state index in [1.165, 1.54) is 30.3 Å². The normalized spacial score (nSPS) is 11.2. The van der Waals surface area contributed by atoms with E-state index in [9.17, 15) is 18.0 Å². The maximum Gasteiger partial charge on any atom is 0.416 e. The number of carbonyl (C=O) groups is 1.